The van der Waals surface area contributed by atoms with Gasteiger partial charge >= 0.3 is 0 Å². The van der Waals surface area contributed by atoms with Crippen LogP contribution in [0.25, 0.3) is 0 Å². The lowest BCUT2D eigenvalue weighted by atomic mass is 9.99. The van der Waals surface area contributed by atoms with Gasteiger partial charge in [-0.2, -0.15) is 0 Å². The highest BCUT2D eigenvalue weighted by Crippen LogP contribution is 2.06. The number of hydrogen-bond acceptors (Lipinski definition) is 2. The highest BCUT2D eigenvalue weighted by atomic mass is 14.9. The first-order chi connectivity index (χ1) is 3.79. The van der Waals surface area contributed by atoms with Gasteiger partial charge in [-0.15, -0.1) is 0 Å². The van der Waals surface area contributed by atoms with Crippen LogP contribution in [0, 0.1) is 5.92 Å². The standard InChI is InChI=1S/C6H14N2/c1-5-2-6(7)4-8-3-5/h5-6,8H,2-4,7H2,1H3/t5-,6-/m0/s1. The Balaban J connectivity index is 2.23. The van der Waals surface area contributed by atoms with Crippen molar-refractivity contribution in [2.75, 3.05) is 13.1 Å². The summed E-state index contributed by atoms with van der Waals surface area (Å²) < 4.78 is 0. The van der Waals surface area contributed by atoms with Gasteiger partial charge in [0, 0.05) is 12.6 Å². The summed E-state index contributed by atoms with van der Waals surface area (Å²) in [7, 11) is 0. The van der Waals surface area contributed by atoms with Gasteiger partial charge in [0.1, 0.15) is 0 Å². The lowest BCUT2D eigenvalue weighted by molar-refractivity contribution is 0.364. The van der Waals surface area contributed by atoms with Crippen molar-refractivity contribution in [1.29, 1.82) is 0 Å². The zero-order valence-electron chi connectivity index (χ0n) is 5.35. The minimum atomic E-state index is 0.402. The number of rotatable bonds is 0. The average molecular weight is 114 g/mol. The smallest absolute Gasteiger partial charge is 0.0168 e. The van der Waals surface area contributed by atoms with Gasteiger partial charge in [-0.3, -0.25) is 0 Å². The average Bonchev–Trinajstić information content (AvgIpc) is 1.64. The Kier molecular flexibility index (Phi) is 1.86. The molecule has 2 atom stereocenters. The first-order valence-corrected chi connectivity index (χ1v) is 3.25. The maximum Gasteiger partial charge on any atom is 0.0168 e. The normalized spacial score (nSPS) is 39.8. The Labute approximate surface area is 50.4 Å². The van der Waals surface area contributed by atoms with E-state index in [2.05, 4.69) is 12.2 Å². The van der Waals surface area contributed by atoms with Crippen LogP contribution >= 0.6 is 0 Å². The van der Waals surface area contributed by atoms with Crippen molar-refractivity contribution >= 4 is 0 Å². The van der Waals surface area contributed by atoms with Gasteiger partial charge < -0.3 is 11.1 Å². The van der Waals surface area contributed by atoms with E-state index in [9.17, 15) is 0 Å². The molecule has 1 rings (SSSR count). The number of nitrogens with two attached hydrogens (primary N) is 1. The summed E-state index contributed by atoms with van der Waals surface area (Å²) in [6.07, 6.45) is 1.19. The molecule has 2 heteroatoms. The highest BCUT2D eigenvalue weighted by molar-refractivity contribution is 4.75. The molecule has 8 heavy (non-hydrogen) atoms. The summed E-state index contributed by atoms with van der Waals surface area (Å²) in [6.45, 7) is 4.38. The van der Waals surface area contributed by atoms with Crippen molar-refractivity contribution in [1.82, 2.24) is 5.32 Å². The van der Waals surface area contributed by atoms with Gasteiger partial charge in [-0.1, -0.05) is 6.92 Å². The summed E-state index contributed by atoms with van der Waals surface area (Å²) >= 11 is 0. The van der Waals surface area contributed by atoms with Gasteiger partial charge in [0.05, 0.1) is 0 Å². The topological polar surface area (TPSA) is 38.0 Å². The molecular formula is C6H14N2. The summed E-state index contributed by atoms with van der Waals surface area (Å²) in [5, 5.41) is 3.26. The highest BCUT2D eigenvalue weighted by Gasteiger charge is 2.13. The molecule has 0 unspecified atom stereocenters. The van der Waals surface area contributed by atoms with Crippen LogP contribution in [0.2, 0.25) is 0 Å². The predicted molar refractivity (Wildman–Crippen MR) is 34.6 cm³/mol. The molecule has 3 N–H and O–H groups in total. The molecule has 0 bridgehead atoms. The molecule has 0 radical (unpaired) electrons. The van der Waals surface area contributed by atoms with E-state index in [-0.39, 0.29) is 0 Å². The van der Waals surface area contributed by atoms with Crippen molar-refractivity contribution < 1.29 is 0 Å². The molecule has 48 valence electrons. The third-order valence-electron chi connectivity index (χ3n) is 1.60. The second-order valence-corrected chi connectivity index (χ2v) is 2.76. The van der Waals surface area contributed by atoms with Crippen LogP contribution in [0.1, 0.15) is 13.3 Å². The Bertz CT molecular complexity index is 64.9. The molecule has 2 nitrogen and oxygen atoms in total. The van der Waals surface area contributed by atoms with Gasteiger partial charge in [0.25, 0.3) is 0 Å². The van der Waals surface area contributed by atoms with Gasteiger partial charge in [-0.05, 0) is 18.9 Å². The van der Waals surface area contributed by atoms with E-state index in [1.807, 2.05) is 0 Å². The second kappa shape index (κ2) is 2.46. The van der Waals surface area contributed by atoms with Crippen LogP contribution in [0.15, 0.2) is 0 Å². The second-order valence-electron chi connectivity index (χ2n) is 2.76. The quantitative estimate of drug-likeness (QED) is 0.463. The van der Waals surface area contributed by atoms with E-state index in [4.69, 9.17) is 5.73 Å². The van der Waals surface area contributed by atoms with Crippen LogP contribution in [-0.2, 0) is 0 Å². The molecule has 1 fully saturated rings. The molecule has 0 amide bonds. The summed E-state index contributed by atoms with van der Waals surface area (Å²) in [5.74, 6) is 0.777. The SMILES string of the molecule is C[C@@H]1CNC[C@@H](N)C1. The van der Waals surface area contributed by atoms with E-state index >= 15 is 0 Å². The minimum Gasteiger partial charge on any atom is -0.327 e. The summed E-state index contributed by atoms with van der Waals surface area (Å²) in [5.41, 5.74) is 5.66. The van der Waals surface area contributed by atoms with Crippen LogP contribution < -0.4 is 11.1 Å². The Morgan fingerprint density at radius 1 is 1.50 bits per heavy atom. The lowest BCUT2D eigenvalue weighted by Gasteiger charge is -2.24. The predicted octanol–water partition coefficient (Wildman–Crippen LogP) is -0.0569. The molecule has 1 saturated heterocycles. The monoisotopic (exact) mass is 114 g/mol. The maximum atomic E-state index is 5.66. The maximum absolute atomic E-state index is 5.66. The fourth-order valence-corrected chi connectivity index (χ4v) is 1.20. The van der Waals surface area contributed by atoms with E-state index in [0.717, 1.165) is 19.0 Å². The van der Waals surface area contributed by atoms with Crippen molar-refractivity contribution in [3.8, 4) is 0 Å². The van der Waals surface area contributed by atoms with E-state index in [0.29, 0.717) is 6.04 Å². The van der Waals surface area contributed by atoms with Gasteiger partial charge in [0.15, 0.2) is 0 Å². The molecule has 0 aromatic carbocycles. The first-order valence-electron chi connectivity index (χ1n) is 3.25. The Morgan fingerprint density at radius 3 is 2.62 bits per heavy atom. The number of nitrogens with one attached hydrogen (secondary N) is 1. The molecule has 0 spiro atoms. The van der Waals surface area contributed by atoms with Crippen molar-refractivity contribution in [3.63, 3.8) is 0 Å². The fourth-order valence-electron chi connectivity index (χ4n) is 1.20. The minimum absolute atomic E-state index is 0.402. The van der Waals surface area contributed by atoms with E-state index < -0.39 is 0 Å². The molecule has 0 aromatic heterocycles. The lowest BCUT2D eigenvalue weighted by Crippen LogP contribution is -2.43. The van der Waals surface area contributed by atoms with Gasteiger partial charge in [-0.25, -0.2) is 0 Å². The molecule has 0 aromatic rings. The Hall–Kier alpha value is -0.0800. The largest absolute Gasteiger partial charge is 0.327 e. The first kappa shape index (κ1) is 6.05. The van der Waals surface area contributed by atoms with Crippen molar-refractivity contribution in [2.24, 2.45) is 11.7 Å². The van der Waals surface area contributed by atoms with Gasteiger partial charge in [0.2, 0.25) is 0 Å². The molecule has 0 saturated carbocycles. The third kappa shape index (κ3) is 1.46. The molecule has 1 aliphatic rings. The van der Waals surface area contributed by atoms with Crippen LogP contribution in [0.4, 0.5) is 0 Å². The molecule has 1 heterocycles. The number of hydrogen-bond donors (Lipinski definition) is 2. The summed E-state index contributed by atoms with van der Waals surface area (Å²) in [6, 6.07) is 0.402. The van der Waals surface area contributed by atoms with Crippen molar-refractivity contribution in [3.05, 3.63) is 0 Å². The zero-order chi connectivity index (χ0) is 5.98. The van der Waals surface area contributed by atoms with Crippen LogP contribution in [0.5, 0.6) is 0 Å². The van der Waals surface area contributed by atoms with E-state index in [1.165, 1.54) is 6.42 Å². The zero-order valence-corrected chi connectivity index (χ0v) is 5.35. The van der Waals surface area contributed by atoms with E-state index in [1.54, 1.807) is 0 Å². The molecule has 0 aliphatic carbocycles. The molecule has 1 aliphatic heterocycles. The van der Waals surface area contributed by atoms with Crippen molar-refractivity contribution in [2.45, 2.75) is 19.4 Å². The summed E-state index contributed by atoms with van der Waals surface area (Å²) in [4.78, 5) is 0. The fraction of sp³-hybridized carbons (Fsp3) is 1.00. The Morgan fingerprint density at radius 2 is 2.25 bits per heavy atom. The van der Waals surface area contributed by atoms with Crippen LogP contribution in [0.3, 0.4) is 0 Å². The third-order valence-corrected chi connectivity index (χ3v) is 1.60. The van der Waals surface area contributed by atoms with Crippen LogP contribution in [-0.4, -0.2) is 19.1 Å². The number of piperidine rings is 1. The molecular weight excluding hydrogens is 100 g/mol.